The van der Waals surface area contributed by atoms with Gasteiger partial charge in [0.25, 0.3) is 0 Å². The van der Waals surface area contributed by atoms with Crippen molar-refractivity contribution in [1.82, 2.24) is 0 Å². The Morgan fingerprint density at radius 3 is 2.57 bits per heavy atom. The summed E-state index contributed by atoms with van der Waals surface area (Å²) >= 11 is 0. The SMILES string of the molecule is Cc1cc(C)cc(CC(=O)C2CCCc3ccccc32)c1. The van der Waals surface area contributed by atoms with E-state index in [1.807, 2.05) is 0 Å². The van der Waals surface area contributed by atoms with Gasteiger partial charge in [-0.2, -0.15) is 0 Å². The fourth-order valence-electron chi connectivity index (χ4n) is 3.58. The molecule has 0 amide bonds. The monoisotopic (exact) mass is 278 g/mol. The molecule has 0 radical (unpaired) electrons. The van der Waals surface area contributed by atoms with E-state index >= 15 is 0 Å². The van der Waals surface area contributed by atoms with Crippen LogP contribution >= 0.6 is 0 Å². The molecule has 1 aliphatic carbocycles. The Labute approximate surface area is 127 Å². The number of carbonyl (C=O) groups excluding carboxylic acids is 1. The van der Waals surface area contributed by atoms with Crippen LogP contribution in [0.25, 0.3) is 0 Å². The van der Waals surface area contributed by atoms with Crippen LogP contribution < -0.4 is 0 Å². The zero-order chi connectivity index (χ0) is 14.8. The normalized spacial score (nSPS) is 17.3. The van der Waals surface area contributed by atoms with Crippen molar-refractivity contribution in [2.24, 2.45) is 0 Å². The zero-order valence-corrected chi connectivity index (χ0v) is 12.9. The van der Waals surface area contributed by atoms with Crippen molar-refractivity contribution in [1.29, 1.82) is 0 Å². The molecule has 21 heavy (non-hydrogen) atoms. The third-order valence-electron chi connectivity index (χ3n) is 4.42. The fourth-order valence-corrected chi connectivity index (χ4v) is 3.58. The Bertz CT molecular complexity index is 649. The van der Waals surface area contributed by atoms with Gasteiger partial charge < -0.3 is 0 Å². The van der Waals surface area contributed by atoms with Gasteiger partial charge in [0.15, 0.2) is 0 Å². The van der Waals surface area contributed by atoms with Crippen LogP contribution in [0.3, 0.4) is 0 Å². The average Bonchev–Trinajstić information content (AvgIpc) is 2.45. The van der Waals surface area contributed by atoms with E-state index < -0.39 is 0 Å². The second-order valence-electron chi connectivity index (χ2n) is 6.28. The molecule has 0 fully saturated rings. The molecular weight excluding hydrogens is 256 g/mol. The van der Waals surface area contributed by atoms with Gasteiger partial charge in [-0.05, 0) is 49.8 Å². The number of ketones is 1. The molecule has 0 saturated carbocycles. The molecular formula is C20H22O. The van der Waals surface area contributed by atoms with Gasteiger partial charge in [0.1, 0.15) is 5.78 Å². The second kappa shape index (κ2) is 5.85. The number of hydrogen-bond donors (Lipinski definition) is 0. The molecule has 1 atom stereocenters. The smallest absolute Gasteiger partial charge is 0.144 e. The number of benzene rings is 2. The van der Waals surface area contributed by atoms with E-state index in [1.165, 1.54) is 22.3 Å². The van der Waals surface area contributed by atoms with Crippen molar-refractivity contribution in [2.75, 3.05) is 0 Å². The molecule has 0 bridgehead atoms. The first-order valence-corrected chi connectivity index (χ1v) is 7.81. The van der Waals surface area contributed by atoms with Crippen molar-refractivity contribution < 1.29 is 4.79 Å². The first-order valence-electron chi connectivity index (χ1n) is 7.81. The minimum absolute atomic E-state index is 0.0933. The Morgan fingerprint density at radius 1 is 1.10 bits per heavy atom. The minimum atomic E-state index is 0.0933. The number of rotatable bonds is 3. The lowest BCUT2D eigenvalue weighted by Gasteiger charge is -2.24. The maximum absolute atomic E-state index is 12.8. The lowest BCUT2D eigenvalue weighted by molar-refractivity contribution is -0.120. The first kappa shape index (κ1) is 14.1. The summed E-state index contributed by atoms with van der Waals surface area (Å²) in [5.41, 5.74) is 6.25. The number of hydrogen-bond acceptors (Lipinski definition) is 1. The molecule has 0 aromatic heterocycles. The molecule has 0 N–H and O–H groups in total. The molecule has 1 heteroatoms. The molecule has 2 aromatic rings. The predicted molar refractivity (Wildman–Crippen MR) is 86.7 cm³/mol. The van der Waals surface area contributed by atoms with E-state index in [0.29, 0.717) is 12.2 Å². The molecule has 1 nitrogen and oxygen atoms in total. The lowest BCUT2D eigenvalue weighted by atomic mass is 9.79. The maximum Gasteiger partial charge on any atom is 0.144 e. The van der Waals surface area contributed by atoms with E-state index in [0.717, 1.165) is 24.8 Å². The fraction of sp³-hybridized carbons (Fsp3) is 0.350. The summed E-state index contributed by atoms with van der Waals surface area (Å²) < 4.78 is 0. The third-order valence-corrected chi connectivity index (χ3v) is 4.42. The first-order chi connectivity index (χ1) is 10.1. The van der Waals surface area contributed by atoms with Gasteiger partial charge in [0.2, 0.25) is 0 Å². The highest BCUT2D eigenvalue weighted by Crippen LogP contribution is 2.33. The largest absolute Gasteiger partial charge is 0.299 e. The van der Waals surface area contributed by atoms with Crippen LogP contribution in [-0.4, -0.2) is 5.78 Å². The Kier molecular flexibility index (Phi) is 3.92. The summed E-state index contributed by atoms with van der Waals surface area (Å²) in [6.07, 6.45) is 3.80. The zero-order valence-electron chi connectivity index (χ0n) is 12.9. The lowest BCUT2D eigenvalue weighted by Crippen LogP contribution is -2.20. The highest BCUT2D eigenvalue weighted by molar-refractivity contribution is 5.88. The van der Waals surface area contributed by atoms with Crippen LogP contribution in [-0.2, 0) is 17.6 Å². The van der Waals surface area contributed by atoms with Crippen LogP contribution in [0.4, 0.5) is 0 Å². The van der Waals surface area contributed by atoms with Gasteiger partial charge in [-0.15, -0.1) is 0 Å². The average molecular weight is 278 g/mol. The highest BCUT2D eigenvalue weighted by atomic mass is 16.1. The van der Waals surface area contributed by atoms with E-state index in [4.69, 9.17) is 0 Å². The van der Waals surface area contributed by atoms with Crippen LogP contribution in [0.15, 0.2) is 42.5 Å². The van der Waals surface area contributed by atoms with Crippen molar-refractivity contribution in [2.45, 2.75) is 45.4 Å². The molecule has 0 heterocycles. The van der Waals surface area contributed by atoms with Crippen LogP contribution in [0.2, 0.25) is 0 Å². The third kappa shape index (κ3) is 3.07. The molecule has 2 aromatic carbocycles. The minimum Gasteiger partial charge on any atom is -0.299 e. The maximum atomic E-state index is 12.8. The van der Waals surface area contributed by atoms with E-state index in [1.54, 1.807) is 0 Å². The Balaban J connectivity index is 1.83. The van der Waals surface area contributed by atoms with E-state index in [-0.39, 0.29) is 5.92 Å². The molecule has 108 valence electrons. The summed E-state index contributed by atoms with van der Waals surface area (Å²) in [6.45, 7) is 4.19. The van der Waals surface area contributed by atoms with E-state index in [2.05, 4.69) is 56.3 Å². The molecule has 0 aliphatic heterocycles. The second-order valence-corrected chi connectivity index (χ2v) is 6.28. The molecule has 3 rings (SSSR count). The van der Waals surface area contributed by atoms with Gasteiger partial charge in [0.05, 0.1) is 0 Å². The van der Waals surface area contributed by atoms with E-state index in [9.17, 15) is 4.79 Å². The van der Waals surface area contributed by atoms with Crippen molar-refractivity contribution in [3.63, 3.8) is 0 Å². The quantitative estimate of drug-likeness (QED) is 0.806. The van der Waals surface area contributed by atoms with Crippen molar-refractivity contribution >= 4 is 5.78 Å². The van der Waals surface area contributed by atoms with Gasteiger partial charge in [-0.25, -0.2) is 0 Å². The highest BCUT2D eigenvalue weighted by Gasteiger charge is 2.25. The van der Waals surface area contributed by atoms with Gasteiger partial charge >= 0.3 is 0 Å². The summed E-state index contributed by atoms with van der Waals surface area (Å²) in [5, 5.41) is 0. The Morgan fingerprint density at radius 2 is 1.81 bits per heavy atom. The Hall–Kier alpha value is -1.89. The molecule has 1 unspecified atom stereocenters. The number of carbonyl (C=O) groups is 1. The summed E-state index contributed by atoms with van der Waals surface area (Å²) in [6, 6.07) is 14.9. The summed E-state index contributed by atoms with van der Waals surface area (Å²) in [4.78, 5) is 12.8. The molecule has 0 saturated heterocycles. The van der Waals surface area contributed by atoms with Crippen LogP contribution in [0, 0.1) is 13.8 Å². The number of fused-ring (bicyclic) bond motifs is 1. The van der Waals surface area contributed by atoms with Crippen LogP contribution in [0.1, 0.15) is 46.6 Å². The topological polar surface area (TPSA) is 17.1 Å². The summed E-state index contributed by atoms with van der Waals surface area (Å²) in [7, 11) is 0. The molecule has 1 aliphatic rings. The predicted octanol–water partition coefficient (Wildman–Crippen LogP) is 4.54. The van der Waals surface area contributed by atoms with Gasteiger partial charge in [0, 0.05) is 12.3 Å². The number of Topliss-reactive ketones (excluding diaryl/α,β-unsaturated/α-hetero) is 1. The van der Waals surface area contributed by atoms with Crippen molar-refractivity contribution in [3.05, 3.63) is 70.3 Å². The van der Waals surface area contributed by atoms with Gasteiger partial charge in [-0.1, -0.05) is 53.6 Å². The standard InChI is InChI=1S/C20H22O/c1-14-10-15(2)12-16(11-14)13-20(21)19-9-5-7-17-6-3-4-8-18(17)19/h3-4,6,8,10-12,19H,5,7,9,13H2,1-2H3. The van der Waals surface area contributed by atoms with Gasteiger partial charge in [-0.3, -0.25) is 4.79 Å². The number of aryl methyl sites for hydroxylation is 3. The molecule has 0 spiro atoms. The van der Waals surface area contributed by atoms with Crippen LogP contribution in [0.5, 0.6) is 0 Å². The summed E-state index contributed by atoms with van der Waals surface area (Å²) in [5.74, 6) is 0.461. The van der Waals surface area contributed by atoms with Crippen molar-refractivity contribution in [3.8, 4) is 0 Å².